The SMILES string of the molecule is CC(C)Oc1cccc(C(O)CNC(=O)C(C)c2cccs2)c1. The maximum absolute atomic E-state index is 12.1. The van der Waals surface area contributed by atoms with Crippen LogP contribution in [0.2, 0.25) is 0 Å². The first-order valence-corrected chi connectivity index (χ1v) is 8.61. The summed E-state index contributed by atoms with van der Waals surface area (Å²) in [6.45, 7) is 5.95. The van der Waals surface area contributed by atoms with Crippen molar-refractivity contribution >= 4 is 17.2 Å². The molecule has 0 saturated carbocycles. The standard InChI is InChI=1S/C18H23NO3S/c1-12(2)22-15-7-4-6-14(10-15)16(20)11-19-18(21)13(3)17-8-5-9-23-17/h4-10,12-13,16,20H,11H2,1-3H3,(H,19,21). The van der Waals surface area contributed by atoms with Crippen LogP contribution >= 0.6 is 11.3 Å². The Morgan fingerprint density at radius 1 is 1.26 bits per heavy atom. The van der Waals surface area contributed by atoms with Crippen molar-refractivity contribution in [3.05, 3.63) is 52.2 Å². The Bertz CT molecular complexity index is 625. The number of carbonyl (C=O) groups excluding carboxylic acids is 1. The summed E-state index contributed by atoms with van der Waals surface area (Å²) in [5.74, 6) is 0.425. The van der Waals surface area contributed by atoms with Gasteiger partial charge in [-0.25, -0.2) is 0 Å². The van der Waals surface area contributed by atoms with Crippen LogP contribution in [-0.2, 0) is 4.79 Å². The summed E-state index contributed by atoms with van der Waals surface area (Å²) in [6, 6.07) is 11.2. The second-order valence-corrected chi connectivity index (χ2v) is 6.72. The first-order chi connectivity index (χ1) is 11.0. The van der Waals surface area contributed by atoms with E-state index in [-0.39, 0.29) is 24.5 Å². The maximum Gasteiger partial charge on any atom is 0.228 e. The predicted octanol–water partition coefficient (Wildman–Crippen LogP) is 3.49. The summed E-state index contributed by atoms with van der Waals surface area (Å²) in [6.07, 6.45) is -0.682. The highest BCUT2D eigenvalue weighted by Gasteiger charge is 2.17. The van der Waals surface area contributed by atoms with Gasteiger partial charge >= 0.3 is 0 Å². The third-order valence-electron chi connectivity index (χ3n) is 3.45. The van der Waals surface area contributed by atoms with Crippen molar-refractivity contribution in [2.24, 2.45) is 0 Å². The van der Waals surface area contributed by atoms with Gasteiger partial charge in [0.1, 0.15) is 5.75 Å². The number of benzene rings is 1. The number of nitrogens with one attached hydrogen (secondary N) is 1. The molecule has 0 aliphatic rings. The van der Waals surface area contributed by atoms with Gasteiger partial charge in [-0.2, -0.15) is 0 Å². The lowest BCUT2D eigenvalue weighted by Gasteiger charge is -2.16. The van der Waals surface area contributed by atoms with Crippen LogP contribution in [0.15, 0.2) is 41.8 Å². The van der Waals surface area contributed by atoms with Gasteiger partial charge in [0, 0.05) is 11.4 Å². The zero-order chi connectivity index (χ0) is 16.8. The molecule has 23 heavy (non-hydrogen) atoms. The fourth-order valence-electron chi connectivity index (χ4n) is 2.20. The van der Waals surface area contributed by atoms with Gasteiger partial charge < -0.3 is 15.2 Å². The van der Waals surface area contributed by atoms with Crippen LogP contribution < -0.4 is 10.1 Å². The lowest BCUT2D eigenvalue weighted by Crippen LogP contribution is -2.31. The van der Waals surface area contributed by atoms with E-state index in [1.807, 2.05) is 56.5 Å². The Labute approximate surface area is 141 Å². The molecule has 4 nitrogen and oxygen atoms in total. The number of ether oxygens (including phenoxy) is 1. The zero-order valence-electron chi connectivity index (χ0n) is 13.7. The molecule has 0 spiro atoms. The van der Waals surface area contributed by atoms with Crippen molar-refractivity contribution in [1.29, 1.82) is 0 Å². The zero-order valence-corrected chi connectivity index (χ0v) is 14.5. The number of hydrogen-bond acceptors (Lipinski definition) is 4. The van der Waals surface area contributed by atoms with Crippen molar-refractivity contribution in [1.82, 2.24) is 5.32 Å². The van der Waals surface area contributed by atoms with Gasteiger partial charge in [0.2, 0.25) is 5.91 Å². The topological polar surface area (TPSA) is 58.6 Å². The molecule has 1 heterocycles. The lowest BCUT2D eigenvalue weighted by atomic mass is 10.1. The average Bonchev–Trinajstić information content (AvgIpc) is 3.05. The van der Waals surface area contributed by atoms with Crippen LogP contribution in [-0.4, -0.2) is 23.7 Å². The average molecular weight is 333 g/mol. The number of hydrogen-bond donors (Lipinski definition) is 2. The number of rotatable bonds is 7. The third-order valence-corrected chi connectivity index (χ3v) is 4.50. The van der Waals surface area contributed by atoms with Gasteiger partial charge in [-0.15, -0.1) is 11.3 Å². The van der Waals surface area contributed by atoms with E-state index >= 15 is 0 Å². The highest BCUT2D eigenvalue weighted by Crippen LogP contribution is 2.22. The molecule has 2 atom stereocenters. The van der Waals surface area contributed by atoms with E-state index in [0.717, 1.165) is 16.2 Å². The maximum atomic E-state index is 12.1. The Balaban J connectivity index is 1.91. The summed E-state index contributed by atoms with van der Waals surface area (Å²) in [4.78, 5) is 13.2. The van der Waals surface area contributed by atoms with Gasteiger partial charge in [0.05, 0.1) is 18.1 Å². The molecule has 0 aliphatic carbocycles. The summed E-state index contributed by atoms with van der Waals surface area (Å²) >= 11 is 1.56. The monoisotopic (exact) mass is 333 g/mol. The Kier molecular flexibility index (Phi) is 6.19. The quantitative estimate of drug-likeness (QED) is 0.815. The number of aliphatic hydroxyl groups excluding tert-OH is 1. The van der Waals surface area contributed by atoms with Crippen LogP contribution in [0.4, 0.5) is 0 Å². The molecule has 2 N–H and O–H groups in total. The molecule has 1 aromatic heterocycles. The van der Waals surface area contributed by atoms with E-state index in [9.17, 15) is 9.90 Å². The van der Waals surface area contributed by atoms with Crippen molar-refractivity contribution in [3.63, 3.8) is 0 Å². The molecule has 2 unspecified atom stereocenters. The van der Waals surface area contributed by atoms with Crippen LogP contribution in [0.1, 0.15) is 43.2 Å². The minimum Gasteiger partial charge on any atom is -0.491 e. The Morgan fingerprint density at radius 3 is 2.70 bits per heavy atom. The van der Waals surface area contributed by atoms with E-state index < -0.39 is 6.10 Å². The molecule has 0 saturated heterocycles. The molecule has 0 fully saturated rings. The van der Waals surface area contributed by atoms with Crippen LogP contribution in [0.5, 0.6) is 5.75 Å². The van der Waals surface area contributed by atoms with Crippen LogP contribution in [0.25, 0.3) is 0 Å². The lowest BCUT2D eigenvalue weighted by molar-refractivity contribution is -0.122. The van der Waals surface area contributed by atoms with E-state index in [0.29, 0.717) is 0 Å². The molecular formula is C18H23NO3S. The fraction of sp³-hybridized carbons (Fsp3) is 0.389. The number of thiophene rings is 1. The molecule has 5 heteroatoms. The fourth-order valence-corrected chi connectivity index (χ4v) is 2.98. The van der Waals surface area contributed by atoms with Gasteiger partial charge in [0.15, 0.2) is 0 Å². The van der Waals surface area contributed by atoms with Gasteiger partial charge in [-0.3, -0.25) is 4.79 Å². The van der Waals surface area contributed by atoms with Gasteiger partial charge in [0.25, 0.3) is 0 Å². The molecule has 0 radical (unpaired) electrons. The summed E-state index contributed by atoms with van der Waals surface area (Å²) in [5.41, 5.74) is 0.729. The Hall–Kier alpha value is -1.85. The predicted molar refractivity (Wildman–Crippen MR) is 92.9 cm³/mol. The van der Waals surface area contributed by atoms with Gasteiger partial charge in [-0.1, -0.05) is 18.2 Å². The second kappa shape index (κ2) is 8.13. The van der Waals surface area contributed by atoms with E-state index in [1.165, 1.54) is 0 Å². The van der Waals surface area contributed by atoms with Crippen LogP contribution in [0, 0.1) is 0 Å². The van der Waals surface area contributed by atoms with E-state index in [2.05, 4.69) is 5.32 Å². The van der Waals surface area contributed by atoms with Crippen LogP contribution in [0.3, 0.4) is 0 Å². The van der Waals surface area contributed by atoms with E-state index in [4.69, 9.17) is 4.74 Å². The molecular weight excluding hydrogens is 310 g/mol. The normalized spacial score (nSPS) is 13.6. The molecule has 2 aromatic rings. The molecule has 124 valence electrons. The minimum absolute atomic E-state index is 0.0775. The molecule has 1 amide bonds. The Morgan fingerprint density at radius 2 is 2.04 bits per heavy atom. The highest BCUT2D eigenvalue weighted by atomic mass is 32.1. The molecule has 0 aliphatic heterocycles. The minimum atomic E-state index is -0.759. The van der Waals surface area contributed by atoms with E-state index in [1.54, 1.807) is 17.4 Å². The van der Waals surface area contributed by atoms with Crippen molar-refractivity contribution in [3.8, 4) is 5.75 Å². The van der Waals surface area contributed by atoms with Crippen molar-refractivity contribution in [2.75, 3.05) is 6.54 Å². The first-order valence-electron chi connectivity index (χ1n) is 7.73. The molecule has 2 rings (SSSR count). The second-order valence-electron chi connectivity index (χ2n) is 5.74. The number of amides is 1. The van der Waals surface area contributed by atoms with Crippen molar-refractivity contribution < 1.29 is 14.6 Å². The molecule has 1 aromatic carbocycles. The van der Waals surface area contributed by atoms with Crippen molar-refractivity contribution in [2.45, 2.75) is 38.9 Å². The summed E-state index contributed by atoms with van der Waals surface area (Å²) < 4.78 is 5.62. The summed E-state index contributed by atoms with van der Waals surface area (Å²) in [5, 5.41) is 15.0. The molecule has 0 bridgehead atoms. The number of aliphatic hydroxyl groups is 1. The highest BCUT2D eigenvalue weighted by molar-refractivity contribution is 7.10. The summed E-state index contributed by atoms with van der Waals surface area (Å²) in [7, 11) is 0. The smallest absolute Gasteiger partial charge is 0.228 e. The largest absolute Gasteiger partial charge is 0.491 e. The number of carbonyl (C=O) groups is 1. The first kappa shape index (κ1) is 17.5. The van der Waals surface area contributed by atoms with Gasteiger partial charge in [-0.05, 0) is 49.9 Å². The third kappa shape index (κ3) is 5.08.